The number of hydrogen-bond donors (Lipinski definition) is 0. The SMILES string of the molecule is COCC(=O)N1CCO[C@@H](COc2cc(C)ccc2F)C1. The molecule has 116 valence electrons. The van der Waals surface area contributed by atoms with Crippen LogP contribution in [0, 0.1) is 12.7 Å². The third-order valence-corrected chi connectivity index (χ3v) is 3.27. The van der Waals surface area contributed by atoms with E-state index in [1.54, 1.807) is 17.0 Å². The molecular weight excluding hydrogens is 277 g/mol. The maximum atomic E-state index is 13.6. The molecule has 1 fully saturated rings. The fourth-order valence-electron chi connectivity index (χ4n) is 2.17. The van der Waals surface area contributed by atoms with E-state index in [2.05, 4.69) is 0 Å². The van der Waals surface area contributed by atoms with E-state index >= 15 is 0 Å². The second-order valence-electron chi connectivity index (χ2n) is 5.01. The molecule has 1 aromatic rings. The fourth-order valence-corrected chi connectivity index (χ4v) is 2.17. The molecule has 1 aromatic carbocycles. The summed E-state index contributed by atoms with van der Waals surface area (Å²) in [6, 6.07) is 4.71. The normalized spacial score (nSPS) is 18.6. The van der Waals surface area contributed by atoms with Crippen molar-refractivity contribution < 1.29 is 23.4 Å². The Kier molecular flexibility index (Phi) is 5.52. The summed E-state index contributed by atoms with van der Waals surface area (Å²) in [6.45, 7) is 3.54. The van der Waals surface area contributed by atoms with Gasteiger partial charge in [0.1, 0.15) is 19.3 Å². The molecule has 0 aliphatic carbocycles. The molecule has 1 atom stereocenters. The predicted octanol–water partition coefficient (Wildman–Crippen LogP) is 1.39. The lowest BCUT2D eigenvalue weighted by Gasteiger charge is -2.32. The Morgan fingerprint density at radius 3 is 3.10 bits per heavy atom. The number of amides is 1. The first-order valence-electron chi connectivity index (χ1n) is 6.87. The van der Waals surface area contributed by atoms with Crippen molar-refractivity contribution in [3.05, 3.63) is 29.6 Å². The van der Waals surface area contributed by atoms with Crippen LogP contribution in [0.4, 0.5) is 4.39 Å². The standard InChI is InChI=1S/C15H20FNO4/c1-11-3-4-13(16)14(7-11)21-9-12-8-17(5-6-20-12)15(18)10-19-2/h3-4,7,12H,5-6,8-10H2,1-2H3/t12-/m1/s1. The van der Waals surface area contributed by atoms with Crippen LogP contribution in [0.1, 0.15) is 5.56 Å². The van der Waals surface area contributed by atoms with Crippen LogP contribution < -0.4 is 4.74 Å². The molecule has 0 spiro atoms. The molecule has 0 radical (unpaired) electrons. The topological polar surface area (TPSA) is 48.0 Å². The van der Waals surface area contributed by atoms with Crippen LogP contribution in [0.2, 0.25) is 0 Å². The number of ether oxygens (including phenoxy) is 3. The maximum absolute atomic E-state index is 13.6. The second-order valence-corrected chi connectivity index (χ2v) is 5.01. The van der Waals surface area contributed by atoms with Crippen molar-refractivity contribution in [2.24, 2.45) is 0 Å². The van der Waals surface area contributed by atoms with Crippen LogP contribution in [0.3, 0.4) is 0 Å². The molecule has 0 saturated carbocycles. The molecule has 21 heavy (non-hydrogen) atoms. The van der Waals surface area contributed by atoms with Gasteiger partial charge in [-0.3, -0.25) is 4.79 Å². The van der Waals surface area contributed by atoms with Crippen LogP contribution in [0.25, 0.3) is 0 Å². The lowest BCUT2D eigenvalue weighted by molar-refractivity contribution is -0.143. The zero-order chi connectivity index (χ0) is 15.2. The lowest BCUT2D eigenvalue weighted by atomic mass is 10.2. The second kappa shape index (κ2) is 7.38. The van der Waals surface area contributed by atoms with Crippen molar-refractivity contribution in [2.45, 2.75) is 13.0 Å². The summed E-state index contributed by atoms with van der Waals surface area (Å²) < 4.78 is 29.4. The first kappa shape index (κ1) is 15.7. The molecular formula is C15H20FNO4. The van der Waals surface area contributed by atoms with Crippen molar-refractivity contribution in [2.75, 3.05) is 40.0 Å². The maximum Gasteiger partial charge on any atom is 0.248 e. The highest BCUT2D eigenvalue weighted by molar-refractivity contribution is 5.77. The molecule has 1 amide bonds. The summed E-state index contributed by atoms with van der Waals surface area (Å²) in [5, 5.41) is 0. The molecule has 5 nitrogen and oxygen atoms in total. The highest BCUT2D eigenvalue weighted by atomic mass is 19.1. The molecule has 2 rings (SSSR count). The number of rotatable bonds is 5. The Hall–Kier alpha value is -1.66. The molecule has 1 aliphatic heterocycles. The van der Waals surface area contributed by atoms with Gasteiger partial charge < -0.3 is 19.1 Å². The Morgan fingerprint density at radius 1 is 1.52 bits per heavy atom. The highest BCUT2D eigenvalue weighted by Crippen LogP contribution is 2.19. The van der Waals surface area contributed by atoms with Crippen LogP contribution in [-0.4, -0.2) is 56.9 Å². The van der Waals surface area contributed by atoms with Crippen molar-refractivity contribution in [3.63, 3.8) is 0 Å². The van der Waals surface area contributed by atoms with Gasteiger partial charge in [0.15, 0.2) is 11.6 Å². The molecule has 0 bridgehead atoms. The van der Waals surface area contributed by atoms with E-state index in [1.807, 2.05) is 6.92 Å². The number of aryl methyl sites for hydroxylation is 1. The van der Waals surface area contributed by atoms with Crippen LogP contribution in [0.15, 0.2) is 18.2 Å². The van der Waals surface area contributed by atoms with E-state index in [0.29, 0.717) is 19.7 Å². The zero-order valence-electron chi connectivity index (χ0n) is 12.3. The molecule has 0 aromatic heterocycles. The third kappa shape index (κ3) is 4.41. The molecule has 0 N–H and O–H groups in total. The van der Waals surface area contributed by atoms with Crippen LogP contribution >= 0.6 is 0 Å². The Labute approximate surface area is 123 Å². The van der Waals surface area contributed by atoms with Gasteiger partial charge in [-0.1, -0.05) is 6.07 Å². The number of nitrogens with zero attached hydrogens (tertiary/aromatic N) is 1. The van der Waals surface area contributed by atoms with Crippen molar-refractivity contribution in [1.82, 2.24) is 4.90 Å². The summed E-state index contributed by atoms with van der Waals surface area (Å²) in [7, 11) is 1.49. The smallest absolute Gasteiger partial charge is 0.248 e. The van der Waals surface area contributed by atoms with Crippen LogP contribution in [-0.2, 0) is 14.3 Å². The molecule has 1 saturated heterocycles. The van der Waals surface area contributed by atoms with Crippen molar-refractivity contribution in [3.8, 4) is 5.75 Å². The minimum absolute atomic E-state index is 0.0556. The van der Waals surface area contributed by atoms with E-state index in [0.717, 1.165) is 5.56 Å². The van der Waals surface area contributed by atoms with Gasteiger partial charge >= 0.3 is 0 Å². The quantitative estimate of drug-likeness (QED) is 0.824. The summed E-state index contributed by atoms with van der Waals surface area (Å²) in [6.07, 6.45) is -0.264. The van der Waals surface area contributed by atoms with Gasteiger partial charge in [-0.05, 0) is 24.6 Å². The van der Waals surface area contributed by atoms with Gasteiger partial charge in [-0.25, -0.2) is 4.39 Å². The van der Waals surface area contributed by atoms with E-state index < -0.39 is 5.82 Å². The van der Waals surface area contributed by atoms with E-state index in [9.17, 15) is 9.18 Å². The third-order valence-electron chi connectivity index (χ3n) is 3.27. The molecule has 0 unspecified atom stereocenters. The van der Waals surface area contributed by atoms with E-state index in [1.165, 1.54) is 13.2 Å². The number of hydrogen-bond acceptors (Lipinski definition) is 4. The first-order chi connectivity index (χ1) is 10.1. The van der Waals surface area contributed by atoms with E-state index in [-0.39, 0.29) is 31.0 Å². The highest BCUT2D eigenvalue weighted by Gasteiger charge is 2.24. The minimum atomic E-state index is -0.399. The molecule has 1 aliphatic rings. The van der Waals surface area contributed by atoms with Gasteiger partial charge in [-0.2, -0.15) is 0 Å². The lowest BCUT2D eigenvalue weighted by Crippen LogP contribution is -2.48. The monoisotopic (exact) mass is 297 g/mol. The fraction of sp³-hybridized carbons (Fsp3) is 0.533. The number of carbonyl (C=O) groups excluding carboxylic acids is 1. The van der Waals surface area contributed by atoms with Gasteiger partial charge in [0.2, 0.25) is 5.91 Å². The van der Waals surface area contributed by atoms with Gasteiger partial charge in [0.25, 0.3) is 0 Å². The first-order valence-corrected chi connectivity index (χ1v) is 6.87. The largest absolute Gasteiger partial charge is 0.488 e. The number of carbonyl (C=O) groups is 1. The van der Waals surface area contributed by atoms with Crippen LogP contribution in [0.5, 0.6) is 5.75 Å². The summed E-state index contributed by atoms with van der Waals surface area (Å²) in [4.78, 5) is 13.4. The molecule has 1 heterocycles. The van der Waals surface area contributed by atoms with E-state index in [4.69, 9.17) is 14.2 Å². The Morgan fingerprint density at radius 2 is 2.33 bits per heavy atom. The van der Waals surface area contributed by atoms with Gasteiger partial charge in [0, 0.05) is 13.7 Å². The summed E-state index contributed by atoms with van der Waals surface area (Å²) in [5.74, 6) is -0.268. The van der Waals surface area contributed by atoms with Crippen molar-refractivity contribution in [1.29, 1.82) is 0 Å². The number of methoxy groups -OCH3 is 1. The Bertz CT molecular complexity index is 495. The average Bonchev–Trinajstić information content (AvgIpc) is 2.49. The number of morpholine rings is 1. The predicted molar refractivity (Wildman–Crippen MR) is 74.8 cm³/mol. The van der Waals surface area contributed by atoms with Gasteiger partial charge in [0.05, 0.1) is 13.2 Å². The number of halogens is 1. The van der Waals surface area contributed by atoms with Crippen molar-refractivity contribution >= 4 is 5.91 Å². The minimum Gasteiger partial charge on any atom is -0.488 e. The summed E-state index contributed by atoms with van der Waals surface area (Å²) in [5.41, 5.74) is 0.924. The number of benzene rings is 1. The van der Waals surface area contributed by atoms with Gasteiger partial charge in [-0.15, -0.1) is 0 Å². The summed E-state index contributed by atoms with van der Waals surface area (Å²) >= 11 is 0. The average molecular weight is 297 g/mol. The zero-order valence-corrected chi connectivity index (χ0v) is 12.3. The Balaban J connectivity index is 1.88. The molecule has 6 heteroatoms.